The summed E-state index contributed by atoms with van der Waals surface area (Å²) in [4.78, 5) is 29.6. The summed E-state index contributed by atoms with van der Waals surface area (Å²) >= 11 is 0. The quantitative estimate of drug-likeness (QED) is 0.667. The zero-order valence-electron chi connectivity index (χ0n) is 17.9. The maximum Gasteiger partial charge on any atom is 0.237 e. The van der Waals surface area contributed by atoms with Crippen LogP contribution in [0.5, 0.6) is 0 Å². The molecule has 0 spiro atoms. The molecule has 0 aromatic heterocycles. The fraction of sp³-hybridized carbons (Fsp3) is 0.652. The van der Waals surface area contributed by atoms with E-state index in [-0.39, 0.29) is 29.9 Å². The van der Waals surface area contributed by atoms with Crippen LogP contribution in [0.1, 0.15) is 37.7 Å². The van der Waals surface area contributed by atoms with Gasteiger partial charge in [0.2, 0.25) is 11.8 Å². The van der Waals surface area contributed by atoms with E-state index in [0.717, 1.165) is 45.3 Å². The van der Waals surface area contributed by atoms with E-state index in [1.165, 1.54) is 5.56 Å². The third-order valence-electron chi connectivity index (χ3n) is 6.81. The summed E-state index contributed by atoms with van der Waals surface area (Å²) in [5.74, 6) is 0.349. The smallest absolute Gasteiger partial charge is 0.237 e. The number of rotatable bonds is 8. The number of fused-ring (bicyclic) bond motifs is 1. The van der Waals surface area contributed by atoms with Gasteiger partial charge in [0.05, 0.1) is 18.7 Å². The van der Waals surface area contributed by atoms with Gasteiger partial charge >= 0.3 is 0 Å². The van der Waals surface area contributed by atoms with Crippen LogP contribution in [0.25, 0.3) is 0 Å². The highest BCUT2D eigenvalue weighted by molar-refractivity contribution is 5.83. The Balaban J connectivity index is 1.30. The summed E-state index contributed by atoms with van der Waals surface area (Å²) in [6.45, 7) is 3.77. The van der Waals surface area contributed by atoms with E-state index in [1.807, 2.05) is 23.1 Å². The van der Waals surface area contributed by atoms with Crippen molar-refractivity contribution in [3.05, 3.63) is 35.9 Å². The number of methoxy groups -OCH3 is 1. The number of nitrogens with one attached hydrogen (secondary N) is 2. The van der Waals surface area contributed by atoms with Crippen LogP contribution < -0.4 is 10.6 Å². The standard InChI is InChI=1S/C23H34N4O3/c1-30-16-20-8-5-11-26(20)22(28)10-9-19-14-25-23(29)21-12-18(15-27(19)21)24-13-17-6-3-2-4-7-17/h2-4,6-7,18-21,24H,5,8-16H2,1H3,(H,25,29)/t18-,19+,20+,21-/m0/s1. The summed E-state index contributed by atoms with van der Waals surface area (Å²) in [6.07, 6.45) is 4.23. The van der Waals surface area contributed by atoms with Crippen LogP contribution in [0.15, 0.2) is 30.3 Å². The van der Waals surface area contributed by atoms with Crippen LogP contribution in [0, 0.1) is 0 Å². The number of nitrogens with zero attached hydrogens (tertiary/aromatic N) is 2. The van der Waals surface area contributed by atoms with Crippen molar-refractivity contribution in [3.63, 3.8) is 0 Å². The molecule has 0 radical (unpaired) electrons. The Labute approximate surface area is 179 Å². The summed E-state index contributed by atoms with van der Waals surface area (Å²) in [5.41, 5.74) is 1.25. The summed E-state index contributed by atoms with van der Waals surface area (Å²) in [6, 6.07) is 11.0. The molecule has 7 heteroatoms. The van der Waals surface area contributed by atoms with Gasteiger partial charge in [-0.15, -0.1) is 0 Å². The third kappa shape index (κ3) is 4.85. The zero-order valence-corrected chi connectivity index (χ0v) is 17.9. The first-order valence-corrected chi connectivity index (χ1v) is 11.2. The molecule has 3 aliphatic rings. The number of amides is 2. The summed E-state index contributed by atoms with van der Waals surface area (Å²) in [7, 11) is 1.70. The Morgan fingerprint density at radius 2 is 2.10 bits per heavy atom. The minimum atomic E-state index is -0.0832. The lowest BCUT2D eigenvalue weighted by atomic mass is 10.0. The lowest BCUT2D eigenvalue weighted by molar-refractivity contribution is -0.133. The normalized spacial score (nSPS) is 29.1. The Hall–Kier alpha value is -1.96. The summed E-state index contributed by atoms with van der Waals surface area (Å²) in [5, 5.41) is 6.68. The average molecular weight is 415 g/mol. The van der Waals surface area contributed by atoms with Crippen LogP contribution in [-0.2, 0) is 20.9 Å². The van der Waals surface area contributed by atoms with Gasteiger partial charge in [-0.25, -0.2) is 0 Å². The van der Waals surface area contributed by atoms with Gasteiger partial charge in [-0.2, -0.15) is 0 Å². The van der Waals surface area contributed by atoms with Crippen molar-refractivity contribution in [2.24, 2.45) is 0 Å². The largest absolute Gasteiger partial charge is 0.383 e. The number of carbonyl (C=O) groups is 2. The predicted octanol–water partition coefficient (Wildman–Crippen LogP) is 1.14. The van der Waals surface area contributed by atoms with Gasteiger partial charge in [0, 0.05) is 51.8 Å². The molecule has 4 rings (SSSR count). The first-order valence-electron chi connectivity index (χ1n) is 11.2. The SMILES string of the molecule is COC[C@H]1CCCN1C(=O)CC[C@@H]1CNC(=O)[C@@H]2C[C@H](NCc3ccccc3)CN12. The molecule has 2 amide bonds. The highest BCUT2D eigenvalue weighted by Crippen LogP contribution is 2.27. The van der Waals surface area contributed by atoms with Crippen molar-refractivity contribution in [1.82, 2.24) is 20.4 Å². The average Bonchev–Trinajstić information content (AvgIpc) is 3.40. The number of hydrogen-bond acceptors (Lipinski definition) is 5. The Kier molecular flexibility index (Phi) is 7.02. The fourth-order valence-electron chi connectivity index (χ4n) is 5.21. The molecule has 1 aromatic rings. The molecule has 1 aromatic carbocycles. The van der Waals surface area contributed by atoms with Gasteiger partial charge in [-0.05, 0) is 31.2 Å². The first-order chi connectivity index (χ1) is 14.7. The second-order valence-electron chi connectivity index (χ2n) is 8.79. The molecule has 7 nitrogen and oxygen atoms in total. The molecule has 30 heavy (non-hydrogen) atoms. The lowest BCUT2D eigenvalue weighted by Crippen LogP contribution is -2.58. The van der Waals surface area contributed by atoms with Gasteiger partial charge in [0.1, 0.15) is 0 Å². The van der Waals surface area contributed by atoms with Gasteiger partial charge in [-0.1, -0.05) is 30.3 Å². The first kappa shape index (κ1) is 21.3. The Morgan fingerprint density at radius 1 is 1.27 bits per heavy atom. The second-order valence-corrected chi connectivity index (χ2v) is 8.79. The van der Waals surface area contributed by atoms with Crippen LogP contribution in [-0.4, -0.2) is 79.1 Å². The van der Waals surface area contributed by atoms with Crippen molar-refractivity contribution in [2.45, 2.75) is 62.8 Å². The van der Waals surface area contributed by atoms with Crippen LogP contribution in [0.2, 0.25) is 0 Å². The van der Waals surface area contributed by atoms with E-state index in [2.05, 4.69) is 27.7 Å². The molecule has 3 aliphatic heterocycles. The number of piperazine rings is 1. The number of likely N-dealkylation sites (tertiary alicyclic amines) is 1. The van der Waals surface area contributed by atoms with E-state index in [9.17, 15) is 9.59 Å². The van der Waals surface area contributed by atoms with Crippen LogP contribution in [0.3, 0.4) is 0 Å². The molecular formula is C23H34N4O3. The maximum absolute atomic E-state index is 12.8. The van der Waals surface area contributed by atoms with E-state index >= 15 is 0 Å². The number of carbonyl (C=O) groups excluding carboxylic acids is 2. The molecule has 0 saturated carbocycles. The minimum absolute atomic E-state index is 0.0832. The molecule has 164 valence electrons. The highest BCUT2D eigenvalue weighted by Gasteiger charge is 2.43. The van der Waals surface area contributed by atoms with Crippen LogP contribution >= 0.6 is 0 Å². The Morgan fingerprint density at radius 3 is 2.90 bits per heavy atom. The van der Waals surface area contributed by atoms with Gasteiger partial charge < -0.3 is 20.3 Å². The number of benzene rings is 1. The van der Waals surface area contributed by atoms with E-state index in [0.29, 0.717) is 25.6 Å². The van der Waals surface area contributed by atoms with Crippen molar-refractivity contribution in [1.29, 1.82) is 0 Å². The molecular weight excluding hydrogens is 380 g/mol. The predicted molar refractivity (Wildman–Crippen MR) is 115 cm³/mol. The molecule has 0 bridgehead atoms. The Bertz CT molecular complexity index is 728. The highest BCUT2D eigenvalue weighted by atomic mass is 16.5. The molecule has 0 aliphatic carbocycles. The van der Waals surface area contributed by atoms with Gasteiger partial charge in [0.25, 0.3) is 0 Å². The summed E-state index contributed by atoms with van der Waals surface area (Å²) < 4.78 is 5.28. The molecule has 2 N–H and O–H groups in total. The molecule has 0 unspecified atom stereocenters. The monoisotopic (exact) mass is 414 g/mol. The molecule has 3 heterocycles. The van der Waals surface area contributed by atoms with E-state index in [1.54, 1.807) is 7.11 Å². The van der Waals surface area contributed by atoms with Gasteiger partial charge in [0.15, 0.2) is 0 Å². The van der Waals surface area contributed by atoms with Crippen LogP contribution in [0.4, 0.5) is 0 Å². The van der Waals surface area contributed by atoms with E-state index in [4.69, 9.17) is 4.74 Å². The van der Waals surface area contributed by atoms with Crippen molar-refractivity contribution < 1.29 is 14.3 Å². The lowest BCUT2D eigenvalue weighted by Gasteiger charge is -2.37. The molecule has 3 saturated heterocycles. The van der Waals surface area contributed by atoms with E-state index < -0.39 is 0 Å². The van der Waals surface area contributed by atoms with Crippen molar-refractivity contribution >= 4 is 11.8 Å². The fourth-order valence-corrected chi connectivity index (χ4v) is 5.21. The number of hydrogen-bond donors (Lipinski definition) is 2. The molecule has 4 atom stereocenters. The van der Waals surface area contributed by atoms with Gasteiger partial charge in [-0.3, -0.25) is 14.5 Å². The van der Waals surface area contributed by atoms with Crippen molar-refractivity contribution in [3.8, 4) is 0 Å². The maximum atomic E-state index is 12.8. The topological polar surface area (TPSA) is 73.9 Å². The second kappa shape index (κ2) is 9.90. The zero-order chi connectivity index (χ0) is 20.9. The molecule has 3 fully saturated rings. The van der Waals surface area contributed by atoms with Crippen molar-refractivity contribution in [2.75, 3.05) is 33.4 Å². The number of ether oxygens (including phenoxy) is 1. The third-order valence-corrected chi connectivity index (χ3v) is 6.81. The minimum Gasteiger partial charge on any atom is -0.383 e.